The third kappa shape index (κ3) is 6.84. The highest BCUT2D eigenvalue weighted by Gasteiger charge is 2.10. The van der Waals surface area contributed by atoms with E-state index >= 15 is 0 Å². The van der Waals surface area contributed by atoms with Crippen LogP contribution in [0.1, 0.15) is 24.0 Å². The topological polar surface area (TPSA) is 24.9 Å². The molecule has 0 saturated carbocycles. The SMILES string of the molecule is COCCN(C)CC(C)c1ccc(N(C)c2ccc(OCc3ccccc3)cc2)cc1. The second-order valence-electron chi connectivity index (χ2n) is 8.07. The fourth-order valence-electron chi connectivity index (χ4n) is 3.59. The smallest absolute Gasteiger partial charge is 0.119 e. The Kier molecular flexibility index (Phi) is 8.51. The van der Waals surface area contributed by atoms with Crippen LogP contribution in [0.3, 0.4) is 0 Å². The van der Waals surface area contributed by atoms with Crippen LogP contribution in [0.4, 0.5) is 11.4 Å². The van der Waals surface area contributed by atoms with Gasteiger partial charge in [0.1, 0.15) is 12.4 Å². The zero-order chi connectivity index (χ0) is 22.1. The molecule has 0 aliphatic heterocycles. The lowest BCUT2D eigenvalue weighted by molar-refractivity contribution is 0.159. The first-order chi connectivity index (χ1) is 15.1. The van der Waals surface area contributed by atoms with Gasteiger partial charge in [0.05, 0.1) is 6.61 Å². The minimum absolute atomic E-state index is 0.474. The molecule has 3 aromatic carbocycles. The van der Waals surface area contributed by atoms with Crippen molar-refractivity contribution in [2.45, 2.75) is 19.4 Å². The molecule has 164 valence electrons. The van der Waals surface area contributed by atoms with E-state index in [0.717, 1.165) is 31.1 Å². The Balaban J connectivity index is 1.56. The van der Waals surface area contributed by atoms with Gasteiger partial charge in [-0.2, -0.15) is 0 Å². The van der Waals surface area contributed by atoms with Crippen LogP contribution in [-0.4, -0.2) is 45.8 Å². The van der Waals surface area contributed by atoms with Gasteiger partial charge in [-0.25, -0.2) is 0 Å². The van der Waals surface area contributed by atoms with Crippen molar-refractivity contribution >= 4 is 11.4 Å². The number of benzene rings is 3. The predicted molar refractivity (Wildman–Crippen MR) is 130 cm³/mol. The van der Waals surface area contributed by atoms with E-state index in [0.29, 0.717) is 12.5 Å². The van der Waals surface area contributed by atoms with E-state index in [-0.39, 0.29) is 0 Å². The maximum Gasteiger partial charge on any atom is 0.119 e. The summed E-state index contributed by atoms with van der Waals surface area (Å²) in [5, 5.41) is 0. The highest BCUT2D eigenvalue weighted by molar-refractivity contribution is 5.63. The summed E-state index contributed by atoms with van der Waals surface area (Å²) >= 11 is 0. The summed E-state index contributed by atoms with van der Waals surface area (Å²) in [6.07, 6.45) is 0. The molecular formula is C27H34N2O2. The zero-order valence-electron chi connectivity index (χ0n) is 19.1. The number of hydrogen-bond acceptors (Lipinski definition) is 4. The molecule has 0 aromatic heterocycles. The van der Waals surface area contributed by atoms with E-state index in [9.17, 15) is 0 Å². The maximum absolute atomic E-state index is 5.90. The van der Waals surface area contributed by atoms with E-state index in [2.05, 4.69) is 79.3 Å². The van der Waals surface area contributed by atoms with Crippen LogP contribution in [0.5, 0.6) is 5.75 Å². The molecule has 0 heterocycles. The molecule has 3 aromatic rings. The molecule has 4 heteroatoms. The molecule has 0 N–H and O–H groups in total. The number of hydrogen-bond donors (Lipinski definition) is 0. The second-order valence-corrected chi connectivity index (χ2v) is 8.07. The van der Waals surface area contributed by atoms with Crippen molar-refractivity contribution in [3.63, 3.8) is 0 Å². The molecule has 0 aliphatic rings. The van der Waals surface area contributed by atoms with Crippen LogP contribution in [0, 0.1) is 0 Å². The van der Waals surface area contributed by atoms with E-state index in [1.807, 2.05) is 30.3 Å². The Morgan fingerprint density at radius 3 is 2.03 bits per heavy atom. The van der Waals surface area contributed by atoms with Crippen LogP contribution in [0.25, 0.3) is 0 Å². The standard InChI is InChI=1S/C27H34N2O2/c1-22(20-28(2)18-19-30-4)24-10-12-25(13-11-24)29(3)26-14-16-27(17-15-26)31-21-23-8-6-5-7-9-23/h5-17,22H,18-21H2,1-4H3. The summed E-state index contributed by atoms with van der Waals surface area (Å²) in [5.74, 6) is 1.35. The van der Waals surface area contributed by atoms with Gasteiger partial charge in [-0.15, -0.1) is 0 Å². The zero-order valence-corrected chi connectivity index (χ0v) is 19.1. The average molecular weight is 419 g/mol. The Morgan fingerprint density at radius 2 is 1.42 bits per heavy atom. The quantitative estimate of drug-likeness (QED) is 0.398. The monoisotopic (exact) mass is 418 g/mol. The predicted octanol–water partition coefficient (Wildman–Crippen LogP) is 5.72. The lowest BCUT2D eigenvalue weighted by atomic mass is 10.00. The molecule has 0 spiro atoms. The lowest BCUT2D eigenvalue weighted by Crippen LogP contribution is -2.27. The van der Waals surface area contributed by atoms with E-state index in [4.69, 9.17) is 9.47 Å². The van der Waals surface area contributed by atoms with Crippen molar-refractivity contribution < 1.29 is 9.47 Å². The molecule has 0 amide bonds. The highest BCUT2D eigenvalue weighted by atomic mass is 16.5. The number of methoxy groups -OCH3 is 1. The van der Waals surface area contributed by atoms with Crippen molar-refractivity contribution in [2.24, 2.45) is 0 Å². The van der Waals surface area contributed by atoms with Crippen LogP contribution in [-0.2, 0) is 11.3 Å². The van der Waals surface area contributed by atoms with Gasteiger partial charge < -0.3 is 19.3 Å². The number of ether oxygens (including phenoxy) is 2. The Morgan fingerprint density at radius 1 is 0.806 bits per heavy atom. The second kappa shape index (κ2) is 11.5. The molecule has 0 fully saturated rings. The fourth-order valence-corrected chi connectivity index (χ4v) is 3.59. The fraction of sp³-hybridized carbons (Fsp3) is 0.333. The van der Waals surface area contributed by atoms with Gasteiger partial charge in [0.2, 0.25) is 0 Å². The lowest BCUT2D eigenvalue weighted by Gasteiger charge is -2.23. The van der Waals surface area contributed by atoms with Crippen molar-refractivity contribution in [3.05, 3.63) is 90.0 Å². The first-order valence-corrected chi connectivity index (χ1v) is 10.8. The minimum Gasteiger partial charge on any atom is -0.489 e. The molecule has 0 radical (unpaired) electrons. The highest BCUT2D eigenvalue weighted by Crippen LogP contribution is 2.27. The van der Waals surface area contributed by atoms with Gasteiger partial charge >= 0.3 is 0 Å². The van der Waals surface area contributed by atoms with Crippen molar-refractivity contribution in [2.75, 3.05) is 45.8 Å². The Bertz CT molecular complexity index is 895. The third-order valence-corrected chi connectivity index (χ3v) is 5.58. The van der Waals surface area contributed by atoms with Crippen LogP contribution in [0.15, 0.2) is 78.9 Å². The van der Waals surface area contributed by atoms with Gasteiger partial charge in [0.15, 0.2) is 0 Å². The number of rotatable bonds is 11. The molecule has 31 heavy (non-hydrogen) atoms. The number of anilines is 2. The summed E-state index contributed by atoms with van der Waals surface area (Å²) in [6.45, 7) is 5.59. The first-order valence-electron chi connectivity index (χ1n) is 10.8. The molecule has 3 rings (SSSR count). The Labute approximate surface area is 187 Å². The third-order valence-electron chi connectivity index (χ3n) is 5.58. The van der Waals surface area contributed by atoms with Crippen LogP contribution >= 0.6 is 0 Å². The summed E-state index contributed by atoms with van der Waals surface area (Å²) in [5.41, 5.74) is 4.82. The molecule has 4 nitrogen and oxygen atoms in total. The molecule has 1 atom stereocenters. The number of likely N-dealkylation sites (N-methyl/N-ethyl adjacent to an activating group) is 1. The molecule has 0 saturated heterocycles. The van der Waals surface area contributed by atoms with Gasteiger partial charge in [0, 0.05) is 38.6 Å². The van der Waals surface area contributed by atoms with Gasteiger partial charge in [-0.05, 0) is 60.5 Å². The molecule has 0 aliphatic carbocycles. The van der Waals surface area contributed by atoms with Gasteiger partial charge in [-0.3, -0.25) is 0 Å². The largest absolute Gasteiger partial charge is 0.489 e. The van der Waals surface area contributed by atoms with E-state index in [1.54, 1.807) is 7.11 Å². The molecule has 1 unspecified atom stereocenters. The molecule has 0 bridgehead atoms. The normalized spacial score (nSPS) is 12.0. The van der Waals surface area contributed by atoms with Crippen LogP contribution < -0.4 is 9.64 Å². The first kappa shape index (κ1) is 22.9. The van der Waals surface area contributed by atoms with Crippen molar-refractivity contribution in [1.29, 1.82) is 0 Å². The van der Waals surface area contributed by atoms with Gasteiger partial charge in [-0.1, -0.05) is 49.4 Å². The summed E-state index contributed by atoms with van der Waals surface area (Å²) in [4.78, 5) is 4.51. The van der Waals surface area contributed by atoms with E-state index < -0.39 is 0 Å². The van der Waals surface area contributed by atoms with E-state index in [1.165, 1.54) is 16.8 Å². The maximum atomic E-state index is 5.90. The summed E-state index contributed by atoms with van der Waals surface area (Å²) in [7, 11) is 5.99. The Hall–Kier alpha value is -2.82. The van der Waals surface area contributed by atoms with Gasteiger partial charge in [0.25, 0.3) is 0 Å². The van der Waals surface area contributed by atoms with Crippen molar-refractivity contribution in [1.82, 2.24) is 4.90 Å². The summed E-state index contributed by atoms with van der Waals surface area (Å²) in [6, 6.07) is 27.3. The van der Waals surface area contributed by atoms with Crippen molar-refractivity contribution in [3.8, 4) is 5.75 Å². The van der Waals surface area contributed by atoms with Crippen LogP contribution in [0.2, 0.25) is 0 Å². The summed E-state index contributed by atoms with van der Waals surface area (Å²) < 4.78 is 11.1. The minimum atomic E-state index is 0.474. The average Bonchev–Trinajstić information content (AvgIpc) is 2.82. The molecular weight excluding hydrogens is 384 g/mol. The number of nitrogens with zero attached hydrogens (tertiary/aromatic N) is 2.